The van der Waals surface area contributed by atoms with Crippen molar-refractivity contribution < 1.29 is 9.47 Å². The van der Waals surface area contributed by atoms with Gasteiger partial charge in [-0.3, -0.25) is 9.69 Å². The number of thiophene rings is 2. The lowest BCUT2D eigenvalue weighted by atomic mass is 9.97. The molecule has 6 nitrogen and oxygen atoms in total. The zero-order valence-corrected chi connectivity index (χ0v) is 19.2. The molecule has 1 aromatic carbocycles. The Labute approximate surface area is 188 Å². The maximum absolute atomic E-state index is 13.0. The molecule has 0 saturated carbocycles. The van der Waals surface area contributed by atoms with Crippen molar-refractivity contribution in [1.29, 1.82) is 0 Å². The lowest BCUT2D eigenvalue weighted by Gasteiger charge is -2.33. The summed E-state index contributed by atoms with van der Waals surface area (Å²) in [5, 5.41) is 4.74. The van der Waals surface area contributed by atoms with Crippen molar-refractivity contribution in [2.75, 3.05) is 20.8 Å². The first-order valence-electron chi connectivity index (χ1n) is 10.1. The Morgan fingerprint density at radius 2 is 1.94 bits per heavy atom. The van der Waals surface area contributed by atoms with Crippen molar-refractivity contribution in [3.05, 3.63) is 62.3 Å². The lowest BCUT2D eigenvalue weighted by molar-refractivity contribution is 0.184. The molecule has 0 radical (unpaired) electrons. The molecule has 0 amide bonds. The molecule has 4 aromatic rings. The van der Waals surface area contributed by atoms with Crippen molar-refractivity contribution in [1.82, 2.24) is 14.9 Å². The van der Waals surface area contributed by atoms with E-state index in [0.717, 1.165) is 46.3 Å². The molecule has 0 spiro atoms. The predicted octanol–water partition coefficient (Wildman–Crippen LogP) is 4.85. The molecule has 0 bridgehead atoms. The third-order valence-corrected chi connectivity index (χ3v) is 7.72. The molecule has 1 atom stereocenters. The lowest BCUT2D eigenvalue weighted by Crippen LogP contribution is -2.34. The number of rotatable bonds is 5. The average Bonchev–Trinajstić information content (AvgIpc) is 3.47. The van der Waals surface area contributed by atoms with Gasteiger partial charge in [0.05, 0.1) is 25.6 Å². The van der Waals surface area contributed by atoms with E-state index >= 15 is 0 Å². The molecule has 1 aliphatic heterocycles. The molecule has 0 saturated heterocycles. The van der Waals surface area contributed by atoms with E-state index in [0.29, 0.717) is 11.2 Å². The van der Waals surface area contributed by atoms with Gasteiger partial charge in [0.25, 0.3) is 5.56 Å². The van der Waals surface area contributed by atoms with Crippen LogP contribution in [0.25, 0.3) is 20.7 Å². The molecule has 8 heteroatoms. The van der Waals surface area contributed by atoms with E-state index in [-0.39, 0.29) is 11.6 Å². The minimum atomic E-state index is -0.0692. The summed E-state index contributed by atoms with van der Waals surface area (Å²) in [6.45, 7) is 3.75. The molecule has 1 N–H and O–H groups in total. The number of ether oxygens (including phenoxy) is 2. The molecule has 5 rings (SSSR count). The van der Waals surface area contributed by atoms with Crippen LogP contribution >= 0.6 is 22.7 Å². The fourth-order valence-electron chi connectivity index (χ4n) is 4.19. The summed E-state index contributed by atoms with van der Waals surface area (Å²) in [5.74, 6) is 2.21. The van der Waals surface area contributed by atoms with Gasteiger partial charge in [0.2, 0.25) is 0 Å². The predicted molar refractivity (Wildman–Crippen MR) is 126 cm³/mol. The van der Waals surface area contributed by atoms with Crippen LogP contribution in [-0.4, -0.2) is 35.6 Å². The van der Waals surface area contributed by atoms with Crippen molar-refractivity contribution in [3.63, 3.8) is 0 Å². The Hall–Kier alpha value is -2.68. The monoisotopic (exact) mass is 453 g/mol. The van der Waals surface area contributed by atoms with Gasteiger partial charge in [-0.1, -0.05) is 6.07 Å². The van der Waals surface area contributed by atoms with Gasteiger partial charge in [-0.25, -0.2) is 4.98 Å². The minimum Gasteiger partial charge on any atom is -0.493 e. The van der Waals surface area contributed by atoms with Gasteiger partial charge >= 0.3 is 0 Å². The molecular weight excluding hydrogens is 430 g/mol. The Morgan fingerprint density at radius 1 is 1.16 bits per heavy atom. The molecule has 3 aromatic heterocycles. The fourth-order valence-corrected chi connectivity index (χ4v) is 5.95. The number of methoxy groups -OCH3 is 2. The van der Waals surface area contributed by atoms with Gasteiger partial charge in [-0.15, -0.1) is 22.7 Å². The Morgan fingerprint density at radius 3 is 2.65 bits per heavy atom. The topological polar surface area (TPSA) is 67.5 Å². The first kappa shape index (κ1) is 20.2. The first-order valence-corrected chi connectivity index (χ1v) is 11.9. The van der Waals surface area contributed by atoms with Gasteiger partial charge in [-0.2, -0.15) is 0 Å². The van der Waals surface area contributed by atoms with Crippen molar-refractivity contribution in [3.8, 4) is 21.9 Å². The van der Waals surface area contributed by atoms with Gasteiger partial charge in [0.1, 0.15) is 10.7 Å². The third-order valence-electron chi connectivity index (χ3n) is 5.94. The van der Waals surface area contributed by atoms with Crippen LogP contribution in [0.2, 0.25) is 0 Å². The summed E-state index contributed by atoms with van der Waals surface area (Å²) >= 11 is 3.16. The number of H-pyrrole nitrogens is 1. The third kappa shape index (κ3) is 3.54. The summed E-state index contributed by atoms with van der Waals surface area (Å²) in [4.78, 5) is 25.1. The van der Waals surface area contributed by atoms with Crippen molar-refractivity contribution in [2.24, 2.45) is 0 Å². The molecule has 0 aliphatic carbocycles. The molecule has 31 heavy (non-hydrogen) atoms. The molecule has 1 aliphatic rings. The SMILES string of the molecule is COc1cc2c(cc1OC)CN([C@@H](C)c1nc3scc(-c4cccs4)c3c(=O)[nH]1)CC2. The quantitative estimate of drug-likeness (QED) is 0.468. The highest BCUT2D eigenvalue weighted by atomic mass is 32.1. The summed E-state index contributed by atoms with van der Waals surface area (Å²) in [6.07, 6.45) is 0.911. The number of benzene rings is 1. The van der Waals surface area contributed by atoms with E-state index in [1.807, 2.05) is 22.9 Å². The van der Waals surface area contributed by atoms with E-state index in [9.17, 15) is 4.79 Å². The number of nitrogens with zero attached hydrogens (tertiary/aromatic N) is 2. The zero-order chi connectivity index (χ0) is 21.5. The molecule has 0 unspecified atom stereocenters. The van der Waals surface area contributed by atoms with Crippen LogP contribution in [-0.2, 0) is 13.0 Å². The second-order valence-corrected chi connectivity index (χ2v) is 9.44. The van der Waals surface area contributed by atoms with Crippen LogP contribution in [0.15, 0.2) is 39.8 Å². The largest absolute Gasteiger partial charge is 0.493 e. The minimum absolute atomic E-state index is 0.00867. The second kappa shape index (κ2) is 8.11. The van der Waals surface area contributed by atoms with E-state index < -0.39 is 0 Å². The number of fused-ring (bicyclic) bond motifs is 2. The highest BCUT2D eigenvalue weighted by molar-refractivity contribution is 7.18. The van der Waals surface area contributed by atoms with Gasteiger partial charge in [0.15, 0.2) is 11.5 Å². The molecule has 160 valence electrons. The maximum Gasteiger partial charge on any atom is 0.260 e. The number of aromatic nitrogens is 2. The van der Waals surface area contributed by atoms with E-state index in [1.54, 1.807) is 25.6 Å². The number of hydrogen-bond acceptors (Lipinski definition) is 7. The highest BCUT2D eigenvalue weighted by Crippen LogP contribution is 2.36. The van der Waals surface area contributed by atoms with Crippen LogP contribution in [0.3, 0.4) is 0 Å². The maximum atomic E-state index is 13.0. The molecule has 0 fully saturated rings. The molecule has 4 heterocycles. The first-order chi connectivity index (χ1) is 15.1. The van der Waals surface area contributed by atoms with Crippen LogP contribution in [0.4, 0.5) is 0 Å². The zero-order valence-electron chi connectivity index (χ0n) is 17.6. The normalized spacial score (nSPS) is 15.1. The fraction of sp³-hybridized carbons (Fsp3) is 0.304. The smallest absolute Gasteiger partial charge is 0.260 e. The number of nitrogens with one attached hydrogen (secondary N) is 1. The standard InChI is InChI=1S/C23H23N3O3S2/c1-13(26-7-6-14-9-17(28-2)18(29-3)10-15(14)11-26)21-24-22(27)20-16(12-31-23(20)25-21)19-5-4-8-30-19/h4-5,8-10,12-13H,6-7,11H2,1-3H3,(H,24,25,27)/t13-/m0/s1. The Balaban J connectivity index is 1.46. The number of aromatic amines is 1. The van der Waals surface area contributed by atoms with Crippen LogP contribution in [0.5, 0.6) is 11.5 Å². The summed E-state index contributed by atoms with van der Waals surface area (Å²) < 4.78 is 10.9. The molecular formula is C23H23N3O3S2. The second-order valence-electron chi connectivity index (χ2n) is 7.63. The van der Waals surface area contributed by atoms with Crippen molar-refractivity contribution >= 4 is 32.9 Å². The average molecular weight is 454 g/mol. The van der Waals surface area contributed by atoms with Gasteiger partial charge in [0, 0.05) is 28.9 Å². The summed E-state index contributed by atoms with van der Waals surface area (Å²) in [6, 6.07) is 8.15. The summed E-state index contributed by atoms with van der Waals surface area (Å²) in [7, 11) is 3.32. The van der Waals surface area contributed by atoms with Gasteiger partial charge in [-0.05, 0) is 48.1 Å². The van der Waals surface area contributed by atoms with Crippen LogP contribution < -0.4 is 15.0 Å². The van der Waals surface area contributed by atoms with Crippen LogP contribution in [0.1, 0.15) is 29.9 Å². The van der Waals surface area contributed by atoms with E-state index in [2.05, 4.69) is 28.9 Å². The van der Waals surface area contributed by atoms with Gasteiger partial charge < -0.3 is 14.5 Å². The van der Waals surface area contributed by atoms with E-state index in [1.165, 1.54) is 22.5 Å². The van der Waals surface area contributed by atoms with Crippen molar-refractivity contribution in [2.45, 2.75) is 25.9 Å². The Kier molecular flexibility index (Phi) is 5.29. The van der Waals surface area contributed by atoms with Crippen LogP contribution in [0, 0.1) is 0 Å². The Bertz CT molecular complexity index is 1290. The highest BCUT2D eigenvalue weighted by Gasteiger charge is 2.26. The van der Waals surface area contributed by atoms with E-state index in [4.69, 9.17) is 14.5 Å². The summed E-state index contributed by atoms with van der Waals surface area (Å²) in [5.41, 5.74) is 3.39. The number of hydrogen-bond donors (Lipinski definition) is 1.